The predicted molar refractivity (Wildman–Crippen MR) is 67.0 cm³/mol. The van der Waals surface area contributed by atoms with Crippen molar-refractivity contribution in [2.24, 2.45) is 0 Å². The molecule has 0 spiro atoms. The number of rotatable bonds is 4. The number of methoxy groups -OCH3 is 1. The quantitative estimate of drug-likeness (QED) is 0.883. The lowest BCUT2D eigenvalue weighted by atomic mass is 9.98. The second kappa shape index (κ2) is 5.82. The Morgan fingerprint density at radius 2 is 2.33 bits per heavy atom. The van der Waals surface area contributed by atoms with Gasteiger partial charge in [-0.25, -0.2) is 0 Å². The molecule has 0 saturated carbocycles. The molecule has 1 saturated heterocycles. The number of likely N-dealkylation sites (tertiary alicyclic amines) is 1. The van der Waals surface area contributed by atoms with Crippen LogP contribution in [0.4, 0.5) is 0 Å². The molecule has 0 bridgehead atoms. The van der Waals surface area contributed by atoms with Crippen LogP contribution in [0.15, 0.2) is 10.6 Å². The van der Waals surface area contributed by atoms with Crippen LogP contribution >= 0.6 is 0 Å². The Morgan fingerprint density at radius 3 is 3.11 bits per heavy atom. The highest BCUT2D eigenvalue weighted by Crippen LogP contribution is 2.22. The van der Waals surface area contributed by atoms with Gasteiger partial charge in [-0.05, 0) is 32.7 Å². The molecule has 2 rings (SSSR count). The van der Waals surface area contributed by atoms with E-state index < -0.39 is 5.60 Å². The Labute approximate surface area is 108 Å². The first-order valence-corrected chi connectivity index (χ1v) is 6.47. The third-order valence-corrected chi connectivity index (χ3v) is 3.44. The summed E-state index contributed by atoms with van der Waals surface area (Å²) in [6.07, 6.45) is 2.71. The van der Waals surface area contributed by atoms with Gasteiger partial charge in [0.05, 0.1) is 11.3 Å². The smallest absolute Gasteiger partial charge is 0.162 e. The minimum Gasteiger partial charge on any atom is -0.390 e. The fourth-order valence-electron chi connectivity index (χ4n) is 2.35. The van der Waals surface area contributed by atoms with Crippen molar-refractivity contribution >= 4 is 0 Å². The molecule has 0 radical (unpaired) electrons. The van der Waals surface area contributed by atoms with Gasteiger partial charge in [-0.3, -0.25) is 4.90 Å². The van der Waals surface area contributed by atoms with E-state index in [1.165, 1.54) is 0 Å². The summed E-state index contributed by atoms with van der Waals surface area (Å²) in [5, 5.41) is 14.1. The van der Waals surface area contributed by atoms with Gasteiger partial charge in [0.2, 0.25) is 0 Å². The maximum atomic E-state index is 10.0. The molecule has 1 aliphatic heterocycles. The summed E-state index contributed by atoms with van der Waals surface area (Å²) in [6.45, 7) is 5.07. The van der Waals surface area contributed by atoms with Gasteiger partial charge in [0, 0.05) is 26.3 Å². The lowest BCUT2D eigenvalue weighted by molar-refractivity contribution is 0.0443. The molecule has 5 nitrogen and oxygen atoms in total. The van der Waals surface area contributed by atoms with E-state index in [1.54, 1.807) is 7.11 Å². The van der Waals surface area contributed by atoms with Crippen LogP contribution in [0.1, 0.15) is 37.6 Å². The lowest BCUT2D eigenvalue weighted by Gasteiger charge is -2.21. The van der Waals surface area contributed by atoms with Gasteiger partial charge in [-0.1, -0.05) is 5.16 Å². The Bertz CT molecular complexity index is 376. The zero-order valence-corrected chi connectivity index (χ0v) is 11.2. The van der Waals surface area contributed by atoms with Crippen molar-refractivity contribution in [1.82, 2.24) is 10.1 Å². The molecule has 1 unspecified atom stereocenters. The molecule has 1 aliphatic rings. The molecule has 18 heavy (non-hydrogen) atoms. The molecule has 0 aromatic carbocycles. The van der Waals surface area contributed by atoms with E-state index in [-0.39, 0.29) is 0 Å². The Balaban J connectivity index is 1.88. The zero-order valence-electron chi connectivity index (χ0n) is 11.2. The first-order chi connectivity index (χ1) is 8.59. The molecule has 1 aromatic rings. The van der Waals surface area contributed by atoms with E-state index >= 15 is 0 Å². The second-order valence-corrected chi connectivity index (χ2v) is 5.34. The highest BCUT2D eigenvalue weighted by molar-refractivity contribution is 5.04. The molecule has 0 aliphatic carbocycles. The molecule has 0 amide bonds. The van der Waals surface area contributed by atoms with Crippen molar-refractivity contribution in [3.8, 4) is 0 Å². The Hall–Kier alpha value is -0.910. The van der Waals surface area contributed by atoms with Gasteiger partial charge in [-0.2, -0.15) is 0 Å². The Kier molecular flexibility index (Phi) is 4.37. The van der Waals surface area contributed by atoms with Crippen molar-refractivity contribution in [3.63, 3.8) is 0 Å². The van der Waals surface area contributed by atoms with Crippen molar-refractivity contribution in [3.05, 3.63) is 17.5 Å². The van der Waals surface area contributed by atoms with Crippen molar-refractivity contribution in [2.45, 2.75) is 44.9 Å². The monoisotopic (exact) mass is 254 g/mol. The molecule has 1 atom stereocenters. The fraction of sp³-hybridized carbons (Fsp3) is 0.769. The molecular weight excluding hydrogens is 232 g/mol. The van der Waals surface area contributed by atoms with Gasteiger partial charge in [-0.15, -0.1) is 0 Å². The van der Waals surface area contributed by atoms with Crippen LogP contribution in [0.25, 0.3) is 0 Å². The predicted octanol–water partition coefficient (Wildman–Crippen LogP) is 1.56. The molecular formula is C13H22N2O3. The molecule has 1 N–H and O–H groups in total. The van der Waals surface area contributed by atoms with Gasteiger partial charge < -0.3 is 14.4 Å². The maximum absolute atomic E-state index is 10.0. The topological polar surface area (TPSA) is 58.7 Å². The van der Waals surface area contributed by atoms with Crippen LogP contribution in [0, 0.1) is 0 Å². The summed E-state index contributed by atoms with van der Waals surface area (Å²) >= 11 is 0. The summed E-state index contributed by atoms with van der Waals surface area (Å²) in [5.41, 5.74) is 0.420. The van der Waals surface area contributed by atoms with Crippen LogP contribution in [0.3, 0.4) is 0 Å². The van der Waals surface area contributed by atoms with Gasteiger partial charge in [0.1, 0.15) is 6.61 Å². The summed E-state index contributed by atoms with van der Waals surface area (Å²) in [5.74, 6) is 0.759. The second-order valence-electron chi connectivity index (χ2n) is 5.34. The molecule has 2 heterocycles. The number of nitrogens with zero attached hydrogens (tertiary/aromatic N) is 2. The van der Waals surface area contributed by atoms with Crippen LogP contribution in [-0.4, -0.2) is 41.0 Å². The summed E-state index contributed by atoms with van der Waals surface area (Å²) in [4.78, 5) is 2.32. The first-order valence-electron chi connectivity index (χ1n) is 6.47. The molecule has 1 fully saturated rings. The summed E-state index contributed by atoms with van der Waals surface area (Å²) in [7, 11) is 1.64. The third kappa shape index (κ3) is 3.80. The first kappa shape index (κ1) is 13.5. The number of hydrogen-bond acceptors (Lipinski definition) is 5. The number of hydrogen-bond donors (Lipinski definition) is 1. The fourth-order valence-corrected chi connectivity index (χ4v) is 2.35. The SMILES string of the molecule is COCc1cc(CN2CCCC(C)(O)CC2)no1. The van der Waals surface area contributed by atoms with Crippen molar-refractivity contribution in [1.29, 1.82) is 0 Å². The largest absolute Gasteiger partial charge is 0.390 e. The number of aliphatic hydroxyl groups is 1. The molecule has 5 heteroatoms. The van der Waals surface area contributed by atoms with Crippen molar-refractivity contribution < 1.29 is 14.4 Å². The van der Waals surface area contributed by atoms with Gasteiger partial charge in [0.25, 0.3) is 0 Å². The van der Waals surface area contributed by atoms with E-state index in [1.807, 2.05) is 13.0 Å². The van der Waals surface area contributed by atoms with E-state index in [2.05, 4.69) is 10.1 Å². The van der Waals surface area contributed by atoms with E-state index in [9.17, 15) is 5.11 Å². The van der Waals surface area contributed by atoms with E-state index in [0.717, 1.165) is 50.4 Å². The van der Waals surface area contributed by atoms with E-state index in [0.29, 0.717) is 6.61 Å². The van der Waals surface area contributed by atoms with Gasteiger partial charge >= 0.3 is 0 Å². The third-order valence-electron chi connectivity index (χ3n) is 3.44. The lowest BCUT2D eigenvalue weighted by Crippen LogP contribution is -2.28. The highest BCUT2D eigenvalue weighted by atomic mass is 16.5. The average molecular weight is 254 g/mol. The number of ether oxygens (including phenoxy) is 1. The minimum atomic E-state index is -0.514. The average Bonchev–Trinajstić information content (AvgIpc) is 2.66. The zero-order chi connectivity index (χ0) is 13.0. The standard InChI is InChI=1S/C13H22N2O3/c1-13(16)4-3-6-15(7-5-13)9-11-8-12(10-17-2)18-14-11/h8,16H,3-7,9-10H2,1-2H3. The maximum Gasteiger partial charge on any atom is 0.162 e. The van der Waals surface area contributed by atoms with E-state index in [4.69, 9.17) is 9.26 Å². The van der Waals surface area contributed by atoms with Crippen LogP contribution in [-0.2, 0) is 17.9 Å². The molecule has 102 valence electrons. The highest BCUT2D eigenvalue weighted by Gasteiger charge is 2.25. The van der Waals surface area contributed by atoms with Crippen LogP contribution in [0.2, 0.25) is 0 Å². The van der Waals surface area contributed by atoms with Gasteiger partial charge in [0.15, 0.2) is 5.76 Å². The normalized spacial score (nSPS) is 26.2. The van der Waals surface area contributed by atoms with Crippen molar-refractivity contribution in [2.75, 3.05) is 20.2 Å². The minimum absolute atomic E-state index is 0.460. The van der Waals surface area contributed by atoms with Crippen LogP contribution in [0.5, 0.6) is 0 Å². The molecule has 1 aromatic heterocycles. The Morgan fingerprint density at radius 1 is 1.50 bits per heavy atom. The summed E-state index contributed by atoms with van der Waals surface area (Å²) < 4.78 is 10.2. The summed E-state index contributed by atoms with van der Waals surface area (Å²) in [6, 6.07) is 1.94. The van der Waals surface area contributed by atoms with Crippen LogP contribution < -0.4 is 0 Å². The number of aromatic nitrogens is 1.